The van der Waals surface area contributed by atoms with Crippen molar-refractivity contribution < 1.29 is 19.4 Å². The Kier molecular flexibility index (Phi) is 6.08. The molecule has 1 unspecified atom stereocenters. The maximum atomic E-state index is 12.6. The number of aliphatic hydroxyl groups is 1. The standard InChI is InChI=1S/C21H24N2O4/c1-15-5-2-9-19(11-15)27-14-20(25)22-17-7-3-6-16(12-17)21(26)23-10-4-8-18(24)13-23/h2-3,5-7,9,11-12,18,24H,4,8,10,13-14H2,1H3,(H,22,25). The summed E-state index contributed by atoms with van der Waals surface area (Å²) in [6.45, 7) is 2.83. The number of β-amino-alcohol motifs (C(OH)–C–C–N with tert-alkyl or cyclic N) is 1. The van der Waals surface area contributed by atoms with E-state index in [9.17, 15) is 14.7 Å². The predicted octanol–water partition coefficient (Wildman–Crippen LogP) is 2.61. The van der Waals surface area contributed by atoms with E-state index < -0.39 is 6.10 Å². The van der Waals surface area contributed by atoms with E-state index in [1.807, 2.05) is 25.1 Å². The molecule has 0 radical (unpaired) electrons. The van der Waals surface area contributed by atoms with Crippen LogP contribution in [-0.2, 0) is 4.79 Å². The molecule has 2 aromatic rings. The van der Waals surface area contributed by atoms with Gasteiger partial charge in [0.2, 0.25) is 0 Å². The molecule has 0 spiro atoms. The molecule has 1 aliphatic heterocycles. The van der Waals surface area contributed by atoms with Crippen LogP contribution in [0.25, 0.3) is 0 Å². The molecule has 0 saturated carbocycles. The van der Waals surface area contributed by atoms with Crippen LogP contribution in [0.15, 0.2) is 48.5 Å². The number of nitrogens with zero attached hydrogens (tertiary/aromatic N) is 1. The van der Waals surface area contributed by atoms with Gasteiger partial charge < -0.3 is 20.1 Å². The molecule has 0 aromatic heterocycles. The quantitative estimate of drug-likeness (QED) is 0.850. The molecule has 6 heteroatoms. The number of benzene rings is 2. The van der Waals surface area contributed by atoms with Crippen LogP contribution in [0.4, 0.5) is 5.69 Å². The van der Waals surface area contributed by atoms with Crippen LogP contribution < -0.4 is 10.1 Å². The van der Waals surface area contributed by atoms with Crippen LogP contribution in [0.1, 0.15) is 28.8 Å². The summed E-state index contributed by atoms with van der Waals surface area (Å²) in [5.74, 6) is 0.202. The molecule has 1 heterocycles. The molecule has 3 rings (SSSR count). The van der Waals surface area contributed by atoms with Gasteiger partial charge in [-0.2, -0.15) is 0 Å². The van der Waals surface area contributed by atoms with Gasteiger partial charge in [-0.05, 0) is 55.7 Å². The number of carbonyl (C=O) groups excluding carboxylic acids is 2. The van der Waals surface area contributed by atoms with Gasteiger partial charge in [0.25, 0.3) is 11.8 Å². The number of hydrogen-bond donors (Lipinski definition) is 2. The summed E-state index contributed by atoms with van der Waals surface area (Å²) in [5, 5.41) is 12.5. The molecule has 27 heavy (non-hydrogen) atoms. The predicted molar refractivity (Wildman–Crippen MR) is 103 cm³/mol. The third kappa shape index (κ3) is 5.31. The van der Waals surface area contributed by atoms with Gasteiger partial charge in [0, 0.05) is 24.3 Å². The molecule has 2 aromatic carbocycles. The van der Waals surface area contributed by atoms with Crippen molar-refractivity contribution in [1.82, 2.24) is 4.90 Å². The second-order valence-corrected chi connectivity index (χ2v) is 6.78. The molecule has 0 aliphatic carbocycles. The van der Waals surface area contributed by atoms with E-state index in [2.05, 4.69) is 5.32 Å². The number of carbonyl (C=O) groups is 2. The van der Waals surface area contributed by atoms with E-state index in [1.165, 1.54) is 0 Å². The van der Waals surface area contributed by atoms with Gasteiger partial charge in [-0.15, -0.1) is 0 Å². The van der Waals surface area contributed by atoms with Crippen molar-refractivity contribution in [2.24, 2.45) is 0 Å². The molecule has 1 aliphatic rings. The average Bonchev–Trinajstić information content (AvgIpc) is 2.66. The molecular weight excluding hydrogens is 344 g/mol. The Morgan fingerprint density at radius 3 is 2.81 bits per heavy atom. The summed E-state index contributed by atoms with van der Waals surface area (Å²) in [7, 11) is 0. The highest BCUT2D eigenvalue weighted by Gasteiger charge is 2.23. The zero-order valence-electron chi connectivity index (χ0n) is 15.4. The number of amides is 2. The van der Waals surface area contributed by atoms with Crippen LogP contribution in [0.3, 0.4) is 0 Å². The third-order valence-electron chi connectivity index (χ3n) is 4.44. The van der Waals surface area contributed by atoms with Gasteiger partial charge in [0.05, 0.1) is 6.10 Å². The molecule has 1 fully saturated rings. The van der Waals surface area contributed by atoms with E-state index in [1.54, 1.807) is 35.2 Å². The lowest BCUT2D eigenvalue weighted by molar-refractivity contribution is -0.118. The normalized spacial score (nSPS) is 16.7. The maximum Gasteiger partial charge on any atom is 0.262 e. The maximum absolute atomic E-state index is 12.6. The fourth-order valence-electron chi connectivity index (χ4n) is 3.10. The monoisotopic (exact) mass is 368 g/mol. The Labute approximate surface area is 158 Å². The van der Waals surface area contributed by atoms with Crippen molar-refractivity contribution in [3.63, 3.8) is 0 Å². The Hall–Kier alpha value is -2.86. The van der Waals surface area contributed by atoms with E-state index in [0.29, 0.717) is 30.1 Å². The first-order chi connectivity index (χ1) is 13.0. The van der Waals surface area contributed by atoms with E-state index in [0.717, 1.165) is 18.4 Å². The van der Waals surface area contributed by atoms with Gasteiger partial charge in [-0.25, -0.2) is 0 Å². The Bertz CT molecular complexity index is 821. The molecule has 6 nitrogen and oxygen atoms in total. The number of ether oxygens (including phenoxy) is 1. The van der Waals surface area contributed by atoms with Crippen LogP contribution in [0.2, 0.25) is 0 Å². The molecule has 1 saturated heterocycles. The number of aryl methyl sites for hydroxylation is 1. The van der Waals surface area contributed by atoms with Crippen LogP contribution in [0.5, 0.6) is 5.75 Å². The first-order valence-corrected chi connectivity index (χ1v) is 9.08. The fourth-order valence-corrected chi connectivity index (χ4v) is 3.10. The lowest BCUT2D eigenvalue weighted by Gasteiger charge is -2.30. The number of anilines is 1. The number of aliphatic hydroxyl groups excluding tert-OH is 1. The summed E-state index contributed by atoms with van der Waals surface area (Å²) in [4.78, 5) is 26.4. The number of piperidine rings is 1. The lowest BCUT2D eigenvalue weighted by atomic mass is 10.1. The number of likely N-dealkylation sites (tertiary alicyclic amines) is 1. The third-order valence-corrected chi connectivity index (χ3v) is 4.44. The minimum Gasteiger partial charge on any atom is -0.484 e. The molecule has 0 bridgehead atoms. The molecule has 1 atom stereocenters. The first-order valence-electron chi connectivity index (χ1n) is 9.08. The van der Waals surface area contributed by atoms with Gasteiger partial charge in [-0.3, -0.25) is 9.59 Å². The van der Waals surface area contributed by atoms with E-state index >= 15 is 0 Å². The Balaban J connectivity index is 1.58. The highest BCUT2D eigenvalue weighted by atomic mass is 16.5. The number of hydrogen-bond acceptors (Lipinski definition) is 4. The molecule has 2 amide bonds. The highest BCUT2D eigenvalue weighted by molar-refractivity contribution is 5.97. The summed E-state index contributed by atoms with van der Waals surface area (Å²) in [6.07, 6.45) is 1.05. The summed E-state index contributed by atoms with van der Waals surface area (Å²) in [6, 6.07) is 14.3. The second-order valence-electron chi connectivity index (χ2n) is 6.78. The summed E-state index contributed by atoms with van der Waals surface area (Å²) >= 11 is 0. The fraction of sp³-hybridized carbons (Fsp3) is 0.333. The van der Waals surface area contributed by atoms with Gasteiger partial charge >= 0.3 is 0 Å². The smallest absolute Gasteiger partial charge is 0.262 e. The molecule has 142 valence electrons. The van der Waals surface area contributed by atoms with Crippen molar-refractivity contribution in [2.45, 2.75) is 25.9 Å². The van der Waals surface area contributed by atoms with Crippen LogP contribution >= 0.6 is 0 Å². The zero-order valence-corrected chi connectivity index (χ0v) is 15.4. The molecule has 2 N–H and O–H groups in total. The Morgan fingerprint density at radius 2 is 2.04 bits per heavy atom. The average molecular weight is 368 g/mol. The van der Waals surface area contributed by atoms with Crippen molar-refractivity contribution in [2.75, 3.05) is 25.0 Å². The highest BCUT2D eigenvalue weighted by Crippen LogP contribution is 2.17. The topological polar surface area (TPSA) is 78.9 Å². The van der Waals surface area contributed by atoms with Crippen LogP contribution in [0, 0.1) is 6.92 Å². The van der Waals surface area contributed by atoms with Crippen molar-refractivity contribution in [3.8, 4) is 5.75 Å². The van der Waals surface area contributed by atoms with Crippen molar-refractivity contribution >= 4 is 17.5 Å². The number of nitrogens with one attached hydrogen (secondary N) is 1. The van der Waals surface area contributed by atoms with Crippen molar-refractivity contribution in [3.05, 3.63) is 59.7 Å². The minimum atomic E-state index is -0.468. The van der Waals surface area contributed by atoms with E-state index in [-0.39, 0.29) is 18.4 Å². The minimum absolute atomic E-state index is 0.111. The lowest BCUT2D eigenvalue weighted by Crippen LogP contribution is -2.42. The SMILES string of the molecule is Cc1cccc(OCC(=O)Nc2cccc(C(=O)N3CCCC(O)C3)c2)c1. The number of rotatable bonds is 5. The van der Waals surface area contributed by atoms with Gasteiger partial charge in [0.1, 0.15) is 5.75 Å². The largest absolute Gasteiger partial charge is 0.484 e. The van der Waals surface area contributed by atoms with E-state index in [4.69, 9.17) is 4.74 Å². The molecular formula is C21H24N2O4. The van der Waals surface area contributed by atoms with Crippen molar-refractivity contribution in [1.29, 1.82) is 0 Å². The Morgan fingerprint density at radius 1 is 1.22 bits per heavy atom. The first kappa shape index (κ1) is 18.9. The van der Waals surface area contributed by atoms with Crippen LogP contribution in [-0.4, -0.2) is 47.6 Å². The summed E-state index contributed by atoms with van der Waals surface area (Å²) in [5.41, 5.74) is 2.08. The van der Waals surface area contributed by atoms with Gasteiger partial charge in [0.15, 0.2) is 6.61 Å². The summed E-state index contributed by atoms with van der Waals surface area (Å²) < 4.78 is 5.49. The zero-order chi connectivity index (χ0) is 19.2. The van der Waals surface area contributed by atoms with Gasteiger partial charge in [-0.1, -0.05) is 18.2 Å². The second kappa shape index (κ2) is 8.68.